The van der Waals surface area contributed by atoms with Gasteiger partial charge >= 0.3 is 0 Å². The molecule has 0 bridgehead atoms. The Morgan fingerprint density at radius 3 is 2.67 bits per heavy atom. The highest BCUT2D eigenvalue weighted by atomic mass is 16.2. The molecule has 138 valence electrons. The highest BCUT2D eigenvalue weighted by Crippen LogP contribution is 2.32. The Hall–Kier alpha value is -2.87. The summed E-state index contributed by atoms with van der Waals surface area (Å²) >= 11 is 0. The van der Waals surface area contributed by atoms with E-state index in [1.165, 1.54) is 5.56 Å². The van der Waals surface area contributed by atoms with E-state index in [0.29, 0.717) is 5.56 Å². The van der Waals surface area contributed by atoms with Gasteiger partial charge in [-0.3, -0.25) is 4.79 Å². The minimum Gasteiger partial charge on any atom is -0.355 e. The first-order valence-electron chi connectivity index (χ1n) is 9.61. The first-order chi connectivity index (χ1) is 13.1. The topological polar surface area (TPSA) is 60.2 Å². The summed E-state index contributed by atoms with van der Waals surface area (Å²) in [6, 6.07) is 12.4. The van der Waals surface area contributed by atoms with Crippen LogP contribution in [0.15, 0.2) is 30.3 Å². The van der Waals surface area contributed by atoms with Crippen LogP contribution in [0.5, 0.6) is 0 Å². The predicted molar refractivity (Wildman–Crippen MR) is 106 cm³/mol. The number of pyridine rings is 1. The van der Waals surface area contributed by atoms with Gasteiger partial charge in [0.25, 0.3) is 0 Å². The number of rotatable bonds is 2. The van der Waals surface area contributed by atoms with E-state index in [2.05, 4.69) is 22.0 Å². The maximum Gasteiger partial charge on any atom is 0.230 e. The molecule has 5 heteroatoms. The van der Waals surface area contributed by atoms with E-state index in [1.54, 1.807) is 0 Å². The number of amides is 1. The number of benzene rings is 1. The first kappa shape index (κ1) is 17.5. The van der Waals surface area contributed by atoms with Crippen molar-refractivity contribution in [3.8, 4) is 6.07 Å². The third-order valence-corrected chi connectivity index (χ3v) is 5.73. The molecule has 0 saturated carbocycles. The zero-order valence-corrected chi connectivity index (χ0v) is 15.9. The summed E-state index contributed by atoms with van der Waals surface area (Å²) in [5.74, 6) is 1.06. The summed E-state index contributed by atoms with van der Waals surface area (Å²) in [5, 5.41) is 9.52. The molecule has 0 spiro atoms. The van der Waals surface area contributed by atoms with Gasteiger partial charge in [-0.15, -0.1) is 0 Å². The van der Waals surface area contributed by atoms with E-state index >= 15 is 0 Å². The molecule has 0 N–H and O–H groups in total. The molecule has 5 nitrogen and oxygen atoms in total. The van der Waals surface area contributed by atoms with E-state index in [4.69, 9.17) is 0 Å². The van der Waals surface area contributed by atoms with Gasteiger partial charge in [-0.05, 0) is 56.4 Å². The van der Waals surface area contributed by atoms with Crippen molar-refractivity contribution in [1.82, 2.24) is 4.98 Å². The van der Waals surface area contributed by atoms with Crippen LogP contribution < -0.4 is 9.80 Å². The van der Waals surface area contributed by atoms with Gasteiger partial charge in [-0.1, -0.05) is 18.2 Å². The minimum atomic E-state index is 0.0452. The smallest absolute Gasteiger partial charge is 0.230 e. The molecule has 0 atom stereocenters. The maximum absolute atomic E-state index is 13.1. The number of aryl methyl sites for hydroxylation is 2. The van der Waals surface area contributed by atoms with Crippen molar-refractivity contribution in [3.05, 3.63) is 52.7 Å². The van der Waals surface area contributed by atoms with Crippen molar-refractivity contribution in [2.24, 2.45) is 5.92 Å². The summed E-state index contributed by atoms with van der Waals surface area (Å²) in [6.07, 6.45) is 2.55. The molecule has 1 amide bonds. The van der Waals surface area contributed by atoms with E-state index in [9.17, 15) is 10.1 Å². The number of aromatic nitrogens is 1. The molecule has 1 fully saturated rings. The number of fused-ring (bicyclic) bond motifs is 1. The molecule has 1 saturated heterocycles. The van der Waals surface area contributed by atoms with Crippen LogP contribution in [0.3, 0.4) is 0 Å². The molecular formula is C22H24N4O. The fraction of sp³-hybridized carbons (Fsp3) is 0.409. The van der Waals surface area contributed by atoms with Crippen molar-refractivity contribution < 1.29 is 4.79 Å². The standard InChI is InChI=1S/C22H24N4O/c1-15-13-16(2)24-21(19(15)14-23)25-10-7-18(8-11-25)22(27)26-12-9-17-5-3-4-6-20(17)26/h3-6,13,18H,7-12H2,1-2H3. The molecular weight excluding hydrogens is 336 g/mol. The largest absolute Gasteiger partial charge is 0.355 e. The lowest BCUT2D eigenvalue weighted by Gasteiger charge is -2.34. The predicted octanol–water partition coefficient (Wildman–Crippen LogP) is 3.38. The average Bonchev–Trinajstić information content (AvgIpc) is 3.11. The van der Waals surface area contributed by atoms with Crippen molar-refractivity contribution in [3.63, 3.8) is 0 Å². The molecule has 1 aromatic carbocycles. The highest BCUT2D eigenvalue weighted by molar-refractivity contribution is 5.97. The van der Waals surface area contributed by atoms with Crippen LogP contribution in [-0.4, -0.2) is 30.5 Å². The Kier molecular flexibility index (Phi) is 4.57. The second-order valence-electron chi connectivity index (χ2n) is 7.52. The van der Waals surface area contributed by atoms with Crippen molar-refractivity contribution in [2.75, 3.05) is 29.4 Å². The van der Waals surface area contributed by atoms with Crippen molar-refractivity contribution >= 4 is 17.4 Å². The number of nitrogens with zero attached hydrogens (tertiary/aromatic N) is 4. The zero-order valence-electron chi connectivity index (χ0n) is 15.9. The Morgan fingerprint density at radius 1 is 1.19 bits per heavy atom. The number of nitriles is 1. The van der Waals surface area contributed by atoms with Crippen LogP contribution >= 0.6 is 0 Å². The van der Waals surface area contributed by atoms with Crippen molar-refractivity contribution in [2.45, 2.75) is 33.1 Å². The lowest BCUT2D eigenvalue weighted by molar-refractivity contribution is -0.122. The molecule has 27 heavy (non-hydrogen) atoms. The molecule has 2 aliphatic heterocycles. The second kappa shape index (κ2) is 7.03. The van der Waals surface area contributed by atoms with Gasteiger partial charge in [0.15, 0.2) is 0 Å². The monoisotopic (exact) mass is 360 g/mol. The van der Waals surface area contributed by atoms with E-state index in [1.807, 2.05) is 43.0 Å². The fourth-order valence-electron chi connectivity index (χ4n) is 4.31. The summed E-state index contributed by atoms with van der Waals surface area (Å²) in [6.45, 7) is 6.22. The lowest BCUT2D eigenvalue weighted by atomic mass is 9.94. The van der Waals surface area contributed by atoms with Crippen LogP contribution in [0.25, 0.3) is 0 Å². The maximum atomic E-state index is 13.1. The molecule has 3 heterocycles. The van der Waals surface area contributed by atoms with E-state index < -0.39 is 0 Å². The Bertz CT molecular complexity index is 922. The molecule has 0 aliphatic carbocycles. The molecule has 4 rings (SSSR count). The molecule has 1 aromatic heterocycles. The van der Waals surface area contributed by atoms with Gasteiger partial charge in [0.05, 0.1) is 5.56 Å². The van der Waals surface area contributed by atoms with Crippen molar-refractivity contribution in [1.29, 1.82) is 5.26 Å². The Labute approximate surface area is 160 Å². The Morgan fingerprint density at radius 2 is 1.93 bits per heavy atom. The van der Waals surface area contributed by atoms with Gasteiger partial charge in [-0.2, -0.15) is 5.26 Å². The summed E-state index contributed by atoms with van der Waals surface area (Å²) in [4.78, 5) is 21.8. The summed E-state index contributed by atoms with van der Waals surface area (Å²) < 4.78 is 0. The van der Waals surface area contributed by atoms with Gasteiger partial charge < -0.3 is 9.80 Å². The van der Waals surface area contributed by atoms with Gasteiger partial charge in [0.2, 0.25) is 5.91 Å². The third kappa shape index (κ3) is 3.16. The Balaban J connectivity index is 1.47. The van der Waals surface area contributed by atoms with Crippen LogP contribution in [0.1, 0.15) is 35.2 Å². The fourth-order valence-corrected chi connectivity index (χ4v) is 4.31. The number of anilines is 2. The number of hydrogen-bond donors (Lipinski definition) is 0. The molecule has 2 aromatic rings. The first-order valence-corrected chi connectivity index (χ1v) is 9.61. The summed E-state index contributed by atoms with van der Waals surface area (Å²) in [7, 11) is 0. The quantitative estimate of drug-likeness (QED) is 0.824. The summed E-state index contributed by atoms with van der Waals surface area (Å²) in [5.41, 5.74) is 4.88. The molecule has 2 aliphatic rings. The minimum absolute atomic E-state index is 0.0452. The normalized spacial score (nSPS) is 16.9. The third-order valence-electron chi connectivity index (χ3n) is 5.73. The van der Waals surface area contributed by atoms with Gasteiger partial charge in [-0.25, -0.2) is 4.98 Å². The molecule has 0 radical (unpaired) electrons. The van der Waals surface area contributed by atoms with E-state index in [-0.39, 0.29) is 11.8 Å². The zero-order chi connectivity index (χ0) is 19.0. The van der Waals surface area contributed by atoms with Crippen LogP contribution in [-0.2, 0) is 11.2 Å². The SMILES string of the molecule is Cc1cc(C)c(C#N)c(N2CCC(C(=O)N3CCc4ccccc43)CC2)n1. The average molecular weight is 360 g/mol. The van der Waals surface area contributed by atoms with Crippen LogP contribution in [0, 0.1) is 31.1 Å². The lowest BCUT2D eigenvalue weighted by Crippen LogP contribution is -2.42. The highest BCUT2D eigenvalue weighted by Gasteiger charge is 2.33. The number of carbonyl (C=O) groups excluding carboxylic acids is 1. The van der Waals surface area contributed by atoms with E-state index in [0.717, 1.165) is 61.7 Å². The van der Waals surface area contributed by atoms with Crippen LogP contribution in [0.2, 0.25) is 0 Å². The number of para-hydroxylation sites is 1. The number of hydrogen-bond acceptors (Lipinski definition) is 4. The number of piperidine rings is 1. The molecule has 0 unspecified atom stereocenters. The van der Waals surface area contributed by atoms with Crippen LogP contribution in [0.4, 0.5) is 11.5 Å². The van der Waals surface area contributed by atoms with Gasteiger partial charge in [0, 0.05) is 36.9 Å². The second-order valence-corrected chi connectivity index (χ2v) is 7.52. The number of carbonyl (C=O) groups is 1. The van der Waals surface area contributed by atoms with Gasteiger partial charge in [0.1, 0.15) is 11.9 Å².